The van der Waals surface area contributed by atoms with Crippen LogP contribution in [0.15, 0.2) is 29.1 Å². The van der Waals surface area contributed by atoms with Crippen LogP contribution in [0.1, 0.15) is 51.0 Å². The van der Waals surface area contributed by atoms with Gasteiger partial charge in [-0.15, -0.1) is 0 Å². The lowest BCUT2D eigenvalue weighted by atomic mass is 10.1. The summed E-state index contributed by atoms with van der Waals surface area (Å²) in [7, 11) is 0. The molecule has 0 aliphatic carbocycles. The molecule has 1 aromatic carbocycles. The Labute approximate surface area is 215 Å². The van der Waals surface area contributed by atoms with Gasteiger partial charge in [-0.3, -0.25) is 9.36 Å². The molecule has 0 atom stereocenters. The first kappa shape index (κ1) is 26.5. The van der Waals surface area contributed by atoms with E-state index in [2.05, 4.69) is 26.8 Å². The molecule has 1 saturated heterocycles. The lowest BCUT2D eigenvalue weighted by Crippen LogP contribution is -2.38. The minimum absolute atomic E-state index is 0.00540. The van der Waals surface area contributed by atoms with E-state index in [1.807, 2.05) is 18.2 Å². The number of nitrogen functional groups attached to an aromatic ring is 1. The minimum atomic E-state index is -0.849. The van der Waals surface area contributed by atoms with Gasteiger partial charge in [-0.25, -0.2) is 4.79 Å². The van der Waals surface area contributed by atoms with Gasteiger partial charge in [0.2, 0.25) is 0 Å². The highest BCUT2D eigenvalue weighted by Gasteiger charge is 2.21. The number of nitrogens with one attached hydrogen (secondary N) is 1. The summed E-state index contributed by atoms with van der Waals surface area (Å²) in [5.74, 6) is 0.0920. The van der Waals surface area contributed by atoms with Gasteiger partial charge >= 0.3 is 17.7 Å². The number of aromatic amines is 1. The first-order valence-electron chi connectivity index (χ1n) is 13.0. The number of H-pyrrole nitrogens is 1. The number of nitrogens with zero attached hydrogens (tertiary/aromatic N) is 4. The Morgan fingerprint density at radius 1 is 1.19 bits per heavy atom. The number of carbonyl (C=O) groups is 1. The van der Waals surface area contributed by atoms with Gasteiger partial charge in [0.15, 0.2) is 11.5 Å². The molecule has 0 spiro atoms. The SMILES string of the molecule is CCCCOc1nc(N)c2[nH]c(=O)n(CCCCN3CCC(Oc4cccc(CC(=O)O)c4)CC3)c2n1. The highest BCUT2D eigenvalue weighted by molar-refractivity contribution is 5.81. The average Bonchev–Trinajstić information content (AvgIpc) is 3.18. The average molecular weight is 513 g/mol. The maximum Gasteiger partial charge on any atom is 0.327 e. The zero-order valence-corrected chi connectivity index (χ0v) is 21.3. The Bertz CT molecular complexity index is 1250. The number of imidazole rings is 1. The maximum atomic E-state index is 12.5. The number of anilines is 1. The third kappa shape index (κ3) is 7.22. The van der Waals surface area contributed by atoms with Gasteiger partial charge < -0.3 is 30.2 Å². The number of carboxylic acid groups (broad SMARTS) is 1. The summed E-state index contributed by atoms with van der Waals surface area (Å²) < 4.78 is 13.3. The maximum absolute atomic E-state index is 12.5. The Hall–Kier alpha value is -3.60. The van der Waals surface area contributed by atoms with Crippen molar-refractivity contribution in [2.75, 3.05) is 32.0 Å². The van der Waals surface area contributed by atoms with E-state index in [0.717, 1.165) is 69.5 Å². The molecule has 0 radical (unpaired) electrons. The molecular weight excluding hydrogens is 476 g/mol. The molecule has 0 amide bonds. The number of aryl methyl sites for hydroxylation is 1. The largest absolute Gasteiger partial charge is 0.490 e. The number of aromatic nitrogens is 4. The Balaban J connectivity index is 1.23. The molecule has 37 heavy (non-hydrogen) atoms. The highest BCUT2D eigenvalue weighted by atomic mass is 16.5. The lowest BCUT2D eigenvalue weighted by molar-refractivity contribution is -0.136. The Morgan fingerprint density at radius 2 is 1.97 bits per heavy atom. The van der Waals surface area contributed by atoms with Gasteiger partial charge in [-0.2, -0.15) is 9.97 Å². The monoisotopic (exact) mass is 512 g/mol. The molecule has 0 unspecified atom stereocenters. The Kier molecular flexibility index (Phi) is 8.99. The third-order valence-corrected chi connectivity index (χ3v) is 6.56. The van der Waals surface area contributed by atoms with Crippen LogP contribution in [-0.4, -0.2) is 67.8 Å². The van der Waals surface area contributed by atoms with Crippen molar-refractivity contribution in [1.82, 2.24) is 24.4 Å². The van der Waals surface area contributed by atoms with Crippen molar-refractivity contribution in [3.63, 3.8) is 0 Å². The second kappa shape index (κ2) is 12.6. The number of hydrogen-bond donors (Lipinski definition) is 3. The molecule has 11 nitrogen and oxygen atoms in total. The molecule has 1 aliphatic rings. The first-order chi connectivity index (χ1) is 17.9. The molecule has 200 valence electrons. The van der Waals surface area contributed by atoms with Crippen molar-refractivity contribution in [3.8, 4) is 11.8 Å². The summed E-state index contributed by atoms with van der Waals surface area (Å²) in [6.07, 6.45) is 5.63. The van der Waals surface area contributed by atoms with Crippen LogP contribution in [0.5, 0.6) is 11.8 Å². The summed E-state index contributed by atoms with van der Waals surface area (Å²) in [5, 5.41) is 8.99. The first-order valence-corrected chi connectivity index (χ1v) is 13.0. The number of rotatable bonds is 13. The molecular formula is C26H36N6O5. The predicted octanol–water partition coefficient (Wildman–Crippen LogP) is 2.83. The molecule has 0 saturated carbocycles. The van der Waals surface area contributed by atoms with Crippen LogP contribution in [0.25, 0.3) is 11.2 Å². The second-order valence-corrected chi connectivity index (χ2v) is 9.46. The Morgan fingerprint density at radius 3 is 2.73 bits per heavy atom. The molecule has 1 fully saturated rings. The van der Waals surface area contributed by atoms with Crippen molar-refractivity contribution < 1.29 is 19.4 Å². The number of likely N-dealkylation sites (tertiary alicyclic amines) is 1. The van der Waals surface area contributed by atoms with Crippen LogP contribution in [0, 0.1) is 0 Å². The number of ether oxygens (including phenoxy) is 2. The normalized spacial score (nSPS) is 14.7. The van der Waals surface area contributed by atoms with E-state index < -0.39 is 5.97 Å². The predicted molar refractivity (Wildman–Crippen MR) is 140 cm³/mol. The van der Waals surface area contributed by atoms with Gasteiger partial charge in [0.1, 0.15) is 17.4 Å². The van der Waals surface area contributed by atoms with Crippen molar-refractivity contribution in [2.45, 2.75) is 64.5 Å². The van der Waals surface area contributed by atoms with Gasteiger partial charge in [0.05, 0.1) is 13.0 Å². The molecule has 3 aromatic rings. The smallest absolute Gasteiger partial charge is 0.327 e. The number of nitrogens with two attached hydrogens (primary N) is 1. The standard InChI is InChI=1S/C26H36N6O5/c1-2-3-15-36-25-29-23(27)22-24(30-25)32(26(35)28-22)12-5-4-11-31-13-9-19(10-14-31)37-20-8-6-7-18(16-20)17-21(33)34/h6-8,16,19H,2-5,9-15,17H2,1H3,(H,28,35)(H,33,34)(H2,27,29,30). The van der Waals surface area contributed by atoms with Crippen LogP contribution in [-0.2, 0) is 17.8 Å². The second-order valence-electron chi connectivity index (χ2n) is 9.46. The number of hydrogen-bond acceptors (Lipinski definition) is 8. The molecule has 1 aliphatic heterocycles. The number of piperidine rings is 1. The zero-order valence-electron chi connectivity index (χ0n) is 21.3. The van der Waals surface area contributed by atoms with Crippen LogP contribution in [0.3, 0.4) is 0 Å². The van der Waals surface area contributed by atoms with Crippen molar-refractivity contribution in [1.29, 1.82) is 0 Å². The van der Waals surface area contributed by atoms with E-state index in [0.29, 0.717) is 24.3 Å². The van der Waals surface area contributed by atoms with E-state index >= 15 is 0 Å². The number of carboxylic acids is 1. The quantitative estimate of drug-likeness (QED) is 0.294. The van der Waals surface area contributed by atoms with Crippen molar-refractivity contribution in [3.05, 3.63) is 40.3 Å². The van der Waals surface area contributed by atoms with Crippen molar-refractivity contribution in [2.24, 2.45) is 0 Å². The van der Waals surface area contributed by atoms with Crippen molar-refractivity contribution >= 4 is 23.0 Å². The summed E-state index contributed by atoms with van der Waals surface area (Å²) >= 11 is 0. The number of aliphatic carboxylic acids is 1. The molecule has 4 rings (SSSR count). The van der Waals surface area contributed by atoms with Crippen LogP contribution < -0.4 is 20.9 Å². The van der Waals surface area contributed by atoms with E-state index in [1.54, 1.807) is 10.6 Å². The number of benzene rings is 1. The highest BCUT2D eigenvalue weighted by Crippen LogP contribution is 2.21. The summed E-state index contributed by atoms with van der Waals surface area (Å²) in [6, 6.07) is 7.53. The fraction of sp³-hybridized carbons (Fsp3) is 0.538. The molecule has 2 aromatic heterocycles. The molecule has 0 bridgehead atoms. The number of unbranched alkanes of at least 4 members (excludes halogenated alkanes) is 2. The van der Waals surface area contributed by atoms with Gasteiger partial charge in [0, 0.05) is 19.6 Å². The fourth-order valence-corrected chi connectivity index (χ4v) is 4.56. The summed E-state index contributed by atoms with van der Waals surface area (Å²) in [4.78, 5) is 37.2. The van der Waals surface area contributed by atoms with Gasteiger partial charge in [-0.05, 0) is 56.3 Å². The number of fused-ring (bicyclic) bond motifs is 1. The third-order valence-electron chi connectivity index (χ3n) is 6.56. The summed E-state index contributed by atoms with van der Waals surface area (Å²) in [5.41, 5.74) is 7.45. The van der Waals surface area contributed by atoms with Gasteiger partial charge in [-0.1, -0.05) is 25.5 Å². The molecule has 3 heterocycles. The van der Waals surface area contributed by atoms with E-state index in [-0.39, 0.29) is 30.0 Å². The van der Waals surface area contributed by atoms with Crippen LogP contribution >= 0.6 is 0 Å². The lowest BCUT2D eigenvalue weighted by Gasteiger charge is -2.32. The zero-order chi connectivity index (χ0) is 26.2. The molecule has 11 heteroatoms. The topological polar surface area (TPSA) is 149 Å². The molecule has 4 N–H and O–H groups in total. The van der Waals surface area contributed by atoms with Gasteiger partial charge in [0.25, 0.3) is 0 Å². The van der Waals surface area contributed by atoms with E-state index in [4.69, 9.17) is 20.3 Å². The summed E-state index contributed by atoms with van der Waals surface area (Å²) in [6.45, 7) is 5.95. The van der Waals surface area contributed by atoms with Crippen LogP contribution in [0.2, 0.25) is 0 Å². The fourth-order valence-electron chi connectivity index (χ4n) is 4.56. The van der Waals surface area contributed by atoms with E-state index in [9.17, 15) is 9.59 Å². The van der Waals surface area contributed by atoms with Crippen LogP contribution in [0.4, 0.5) is 5.82 Å². The minimum Gasteiger partial charge on any atom is -0.490 e. The van der Waals surface area contributed by atoms with E-state index in [1.165, 1.54) is 0 Å².